The molecule has 6 heteroatoms. The average molecular weight is 314 g/mol. The standard InChI is InChI=1S/C16H21F3N2O/c1-9-5-4-6-13(10(9)2)21-15(22)12-7-8-14(16(17,18)19)20-11(12)3/h7-10,13H,4-6H2,1-3H3,(H,21,22)/t9-,10-,13+/m0/s1. The van der Waals surface area contributed by atoms with E-state index in [2.05, 4.69) is 24.1 Å². The third kappa shape index (κ3) is 3.59. The van der Waals surface area contributed by atoms with Crippen molar-refractivity contribution in [2.24, 2.45) is 11.8 Å². The molecule has 22 heavy (non-hydrogen) atoms. The maximum absolute atomic E-state index is 12.6. The molecule has 1 fully saturated rings. The summed E-state index contributed by atoms with van der Waals surface area (Å²) in [6.45, 7) is 5.69. The first-order chi connectivity index (χ1) is 10.2. The number of hydrogen-bond acceptors (Lipinski definition) is 2. The molecule has 1 aliphatic rings. The summed E-state index contributed by atoms with van der Waals surface area (Å²) >= 11 is 0. The molecule has 0 bridgehead atoms. The Morgan fingerprint density at radius 2 is 1.95 bits per heavy atom. The van der Waals surface area contributed by atoms with Crippen molar-refractivity contribution in [2.45, 2.75) is 52.3 Å². The van der Waals surface area contributed by atoms with Gasteiger partial charge in [-0.3, -0.25) is 4.79 Å². The minimum absolute atomic E-state index is 0.0675. The zero-order valence-corrected chi connectivity index (χ0v) is 13.0. The van der Waals surface area contributed by atoms with Gasteiger partial charge in [0, 0.05) is 6.04 Å². The molecule has 0 radical (unpaired) electrons. The summed E-state index contributed by atoms with van der Waals surface area (Å²) in [6, 6.07) is 2.13. The minimum Gasteiger partial charge on any atom is -0.349 e. The Morgan fingerprint density at radius 1 is 1.27 bits per heavy atom. The zero-order valence-electron chi connectivity index (χ0n) is 13.0. The molecule has 122 valence electrons. The van der Waals surface area contributed by atoms with Gasteiger partial charge in [0.05, 0.1) is 11.3 Å². The summed E-state index contributed by atoms with van der Waals surface area (Å²) in [5.74, 6) is 0.552. The molecule has 1 aromatic rings. The predicted octanol–water partition coefficient (Wildman–Crippen LogP) is 3.96. The molecule has 1 amide bonds. The number of halogens is 3. The number of aromatic nitrogens is 1. The molecule has 0 saturated heterocycles. The van der Waals surface area contributed by atoms with Crippen molar-refractivity contribution in [3.63, 3.8) is 0 Å². The van der Waals surface area contributed by atoms with Crippen LogP contribution in [0.1, 0.15) is 54.9 Å². The Balaban J connectivity index is 2.13. The largest absolute Gasteiger partial charge is 0.433 e. The predicted molar refractivity (Wildman–Crippen MR) is 77.4 cm³/mol. The normalized spacial score (nSPS) is 25.8. The van der Waals surface area contributed by atoms with Crippen molar-refractivity contribution in [2.75, 3.05) is 0 Å². The molecule has 1 heterocycles. The van der Waals surface area contributed by atoms with Crippen molar-refractivity contribution < 1.29 is 18.0 Å². The summed E-state index contributed by atoms with van der Waals surface area (Å²) in [4.78, 5) is 15.8. The molecule has 1 aromatic heterocycles. The lowest BCUT2D eigenvalue weighted by atomic mass is 9.78. The highest BCUT2D eigenvalue weighted by Crippen LogP contribution is 2.30. The van der Waals surface area contributed by atoms with Gasteiger partial charge in [0.25, 0.3) is 5.91 Å². The number of nitrogens with one attached hydrogen (secondary N) is 1. The van der Waals surface area contributed by atoms with E-state index in [1.165, 1.54) is 13.0 Å². The third-order valence-corrected chi connectivity index (χ3v) is 4.64. The Morgan fingerprint density at radius 3 is 2.55 bits per heavy atom. The number of amides is 1. The number of carbonyl (C=O) groups excluding carboxylic acids is 1. The van der Waals surface area contributed by atoms with Crippen LogP contribution in [0.2, 0.25) is 0 Å². The quantitative estimate of drug-likeness (QED) is 0.897. The smallest absolute Gasteiger partial charge is 0.349 e. The first-order valence-corrected chi connectivity index (χ1v) is 7.56. The van der Waals surface area contributed by atoms with E-state index in [0.29, 0.717) is 11.8 Å². The molecular formula is C16H21F3N2O. The molecule has 3 atom stereocenters. The second kappa shape index (κ2) is 6.26. The van der Waals surface area contributed by atoms with Crippen molar-refractivity contribution in [1.29, 1.82) is 0 Å². The number of pyridine rings is 1. The molecule has 1 N–H and O–H groups in total. The van der Waals surface area contributed by atoms with Crippen LogP contribution in [0, 0.1) is 18.8 Å². The highest BCUT2D eigenvalue weighted by Gasteiger charge is 2.33. The van der Waals surface area contributed by atoms with Gasteiger partial charge in [0.2, 0.25) is 0 Å². The van der Waals surface area contributed by atoms with Gasteiger partial charge in [-0.05, 0) is 37.3 Å². The van der Waals surface area contributed by atoms with E-state index < -0.39 is 11.9 Å². The van der Waals surface area contributed by atoms with Gasteiger partial charge in [-0.25, -0.2) is 4.98 Å². The molecule has 0 unspecified atom stereocenters. The van der Waals surface area contributed by atoms with Crippen LogP contribution >= 0.6 is 0 Å². The van der Waals surface area contributed by atoms with Crippen molar-refractivity contribution in [3.05, 3.63) is 29.1 Å². The molecule has 2 rings (SSSR count). The maximum Gasteiger partial charge on any atom is 0.433 e. The lowest BCUT2D eigenvalue weighted by Gasteiger charge is -2.34. The summed E-state index contributed by atoms with van der Waals surface area (Å²) in [7, 11) is 0. The Kier molecular flexibility index (Phi) is 4.78. The fourth-order valence-electron chi connectivity index (χ4n) is 2.99. The van der Waals surface area contributed by atoms with Gasteiger partial charge < -0.3 is 5.32 Å². The van der Waals surface area contributed by atoms with Crippen LogP contribution in [0.4, 0.5) is 13.2 Å². The number of nitrogens with zero attached hydrogens (tertiary/aromatic N) is 1. The van der Waals surface area contributed by atoms with E-state index in [-0.39, 0.29) is 23.2 Å². The fraction of sp³-hybridized carbons (Fsp3) is 0.625. The van der Waals surface area contributed by atoms with Crippen LogP contribution in [0.3, 0.4) is 0 Å². The molecule has 1 saturated carbocycles. The molecule has 0 aromatic carbocycles. The van der Waals surface area contributed by atoms with Crippen LogP contribution in [-0.4, -0.2) is 16.9 Å². The first kappa shape index (κ1) is 16.8. The highest BCUT2D eigenvalue weighted by atomic mass is 19.4. The van der Waals surface area contributed by atoms with Crippen molar-refractivity contribution in [3.8, 4) is 0 Å². The number of aryl methyl sites for hydroxylation is 1. The molecular weight excluding hydrogens is 293 g/mol. The van der Waals surface area contributed by atoms with Crippen LogP contribution in [0.25, 0.3) is 0 Å². The van der Waals surface area contributed by atoms with Gasteiger partial charge in [0.15, 0.2) is 0 Å². The van der Waals surface area contributed by atoms with E-state index >= 15 is 0 Å². The summed E-state index contributed by atoms with van der Waals surface area (Å²) in [6.07, 6.45) is -1.38. The Labute approximate surface area is 128 Å². The Bertz CT molecular complexity index is 557. The van der Waals surface area contributed by atoms with E-state index in [4.69, 9.17) is 0 Å². The van der Waals surface area contributed by atoms with Gasteiger partial charge in [-0.1, -0.05) is 26.7 Å². The lowest BCUT2D eigenvalue weighted by molar-refractivity contribution is -0.141. The van der Waals surface area contributed by atoms with Crippen LogP contribution in [0.15, 0.2) is 12.1 Å². The summed E-state index contributed by atoms with van der Waals surface area (Å²) < 4.78 is 37.8. The SMILES string of the molecule is Cc1nc(C(F)(F)F)ccc1C(=O)N[C@@H]1CCC[C@H](C)[C@@H]1C. The van der Waals surface area contributed by atoms with E-state index in [0.717, 1.165) is 25.3 Å². The van der Waals surface area contributed by atoms with Gasteiger partial charge in [-0.2, -0.15) is 13.2 Å². The summed E-state index contributed by atoms with van der Waals surface area (Å²) in [5.41, 5.74) is -0.663. The fourth-order valence-corrected chi connectivity index (χ4v) is 2.99. The maximum atomic E-state index is 12.6. The number of alkyl halides is 3. The van der Waals surface area contributed by atoms with Gasteiger partial charge >= 0.3 is 6.18 Å². The molecule has 0 aliphatic heterocycles. The zero-order chi connectivity index (χ0) is 16.5. The van der Waals surface area contributed by atoms with Crippen LogP contribution in [-0.2, 0) is 6.18 Å². The third-order valence-electron chi connectivity index (χ3n) is 4.64. The number of carbonyl (C=O) groups is 1. The first-order valence-electron chi connectivity index (χ1n) is 7.56. The van der Waals surface area contributed by atoms with Gasteiger partial charge in [-0.15, -0.1) is 0 Å². The molecule has 3 nitrogen and oxygen atoms in total. The Hall–Kier alpha value is -1.59. The van der Waals surface area contributed by atoms with Gasteiger partial charge in [0.1, 0.15) is 5.69 Å². The monoisotopic (exact) mass is 314 g/mol. The van der Waals surface area contributed by atoms with Crippen molar-refractivity contribution >= 4 is 5.91 Å². The second-order valence-corrected chi connectivity index (χ2v) is 6.17. The van der Waals surface area contributed by atoms with E-state index in [9.17, 15) is 18.0 Å². The number of hydrogen-bond donors (Lipinski definition) is 1. The van der Waals surface area contributed by atoms with E-state index in [1.807, 2.05) is 0 Å². The van der Waals surface area contributed by atoms with Crippen LogP contribution in [0.5, 0.6) is 0 Å². The molecule has 1 aliphatic carbocycles. The molecule has 0 spiro atoms. The minimum atomic E-state index is -4.49. The van der Waals surface area contributed by atoms with Crippen LogP contribution < -0.4 is 5.32 Å². The number of rotatable bonds is 2. The highest BCUT2D eigenvalue weighted by molar-refractivity contribution is 5.95. The average Bonchev–Trinajstić information content (AvgIpc) is 2.42. The second-order valence-electron chi connectivity index (χ2n) is 6.17. The lowest BCUT2D eigenvalue weighted by Crippen LogP contribution is -2.44. The summed E-state index contributed by atoms with van der Waals surface area (Å²) in [5, 5.41) is 2.95. The topological polar surface area (TPSA) is 42.0 Å². The van der Waals surface area contributed by atoms with Crippen molar-refractivity contribution in [1.82, 2.24) is 10.3 Å². The van der Waals surface area contributed by atoms with E-state index in [1.54, 1.807) is 0 Å².